The van der Waals surface area contributed by atoms with E-state index < -0.39 is 11.7 Å². The summed E-state index contributed by atoms with van der Waals surface area (Å²) in [6, 6.07) is 1.01. The van der Waals surface area contributed by atoms with E-state index in [0.29, 0.717) is 31.0 Å². The maximum atomic E-state index is 13.2. The van der Waals surface area contributed by atoms with Crippen LogP contribution in [0.2, 0.25) is 0 Å². The van der Waals surface area contributed by atoms with Crippen molar-refractivity contribution in [3.63, 3.8) is 0 Å². The number of alkyl halides is 3. The van der Waals surface area contributed by atoms with Crippen LogP contribution in [0.5, 0.6) is 0 Å². The Kier molecular flexibility index (Phi) is 6.41. The molecular formula is C23H24F3N7O. The molecule has 0 bridgehead atoms. The summed E-state index contributed by atoms with van der Waals surface area (Å²) in [5.41, 5.74) is 0.107. The lowest BCUT2D eigenvalue weighted by atomic mass is 9.90. The van der Waals surface area contributed by atoms with Gasteiger partial charge in [-0.25, -0.2) is 19.8 Å². The summed E-state index contributed by atoms with van der Waals surface area (Å²) in [5.74, 6) is 0.750. The Hall–Kier alpha value is -3.68. The van der Waals surface area contributed by atoms with Crippen LogP contribution in [0.4, 0.5) is 24.8 Å². The predicted molar refractivity (Wildman–Crippen MR) is 121 cm³/mol. The van der Waals surface area contributed by atoms with Crippen LogP contribution in [0.25, 0.3) is 27.1 Å². The standard InChI is InChI=1S/C23H24F3N7O/c1-4-19(34)33-7-5-14(6-8-33)13(2)31-22-30-12-18(27-3)20(32-22)17-11-29-21-16(17)9-15(10-28-21)23(24,25)26/h9-14H,4-8H2,1-2H3,(H,28,29)(H,30,31,32). The van der Waals surface area contributed by atoms with Crippen molar-refractivity contribution < 1.29 is 18.0 Å². The highest BCUT2D eigenvalue weighted by Crippen LogP contribution is 2.37. The summed E-state index contributed by atoms with van der Waals surface area (Å²) >= 11 is 0. The predicted octanol–water partition coefficient (Wildman–Crippen LogP) is 5.04. The largest absolute Gasteiger partial charge is 0.417 e. The number of piperidine rings is 1. The van der Waals surface area contributed by atoms with E-state index in [1.54, 1.807) is 0 Å². The van der Waals surface area contributed by atoms with Crippen molar-refractivity contribution >= 4 is 28.6 Å². The number of pyridine rings is 1. The first-order chi connectivity index (χ1) is 16.2. The number of nitrogens with zero attached hydrogens (tertiary/aromatic N) is 5. The number of aromatic amines is 1. The van der Waals surface area contributed by atoms with Gasteiger partial charge in [0.05, 0.1) is 17.8 Å². The van der Waals surface area contributed by atoms with Gasteiger partial charge in [0, 0.05) is 55.1 Å². The van der Waals surface area contributed by atoms with Gasteiger partial charge >= 0.3 is 6.18 Å². The van der Waals surface area contributed by atoms with Crippen LogP contribution in [-0.4, -0.2) is 49.9 Å². The molecule has 3 aromatic rings. The summed E-state index contributed by atoms with van der Waals surface area (Å²) in [7, 11) is 0. The highest BCUT2D eigenvalue weighted by molar-refractivity contribution is 5.96. The van der Waals surface area contributed by atoms with Crippen molar-refractivity contribution in [2.24, 2.45) is 5.92 Å². The SMILES string of the molecule is [C-]#[N+]c1cnc(NC(C)C2CCN(C(=O)CC)CC2)nc1-c1c[nH]c2ncc(C(F)(F)F)cc12. The Morgan fingerprint density at radius 1 is 1.32 bits per heavy atom. The van der Waals surface area contributed by atoms with Crippen molar-refractivity contribution in [2.45, 2.75) is 45.3 Å². The van der Waals surface area contributed by atoms with Crippen molar-refractivity contribution in [3.8, 4) is 11.3 Å². The molecule has 3 aromatic heterocycles. The maximum absolute atomic E-state index is 13.2. The van der Waals surface area contributed by atoms with E-state index >= 15 is 0 Å². The molecule has 1 unspecified atom stereocenters. The monoisotopic (exact) mass is 471 g/mol. The Bertz CT molecular complexity index is 1240. The number of aromatic nitrogens is 4. The van der Waals surface area contributed by atoms with Crippen LogP contribution in [0.1, 0.15) is 38.7 Å². The first-order valence-electron chi connectivity index (χ1n) is 11.0. The van der Waals surface area contributed by atoms with E-state index in [-0.39, 0.29) is 40.3 Å². The van der Waals surface area contributed by atoms with E-state index in [9.17, 15) is 18.0 Å². The first-order valence-corrected chi connectivity index (χ1v) is 11.0. The number of anilines is 1. The lowest BCUT2D eigenvalue weighted by Gasteiger charge is -2.35. The second-order valence-corrected chi connectivity index (χ2v) is 8.36. The second-order valence-electron chi connectivity index (χ2n) is 8.36. The Morgan fingerprint density at radius 3 is 2.71 bits per heavy atom. The van der Waals surface area contributed by atoms with Gasteiger partial charge in [-0.3, -0.25) is 4.79 Å². The Labute approximate surface area is 194 Å². The van der Waals surface area contributed by atoms with Crippen molar-refractivity contribution in [1.82, 2.24) is 24.8 Å². The number of halogens is 3. The van der Waals surface area contributed by atoms with Crippen LogP contribution in [0.3, 0.4) is 0 Å². The number of H-pyrrole nitrogens is 1. The van der Waals surface area contributed by atoms with Gasteiger partial charge in [0.15, 0.2) is 0 Å². The van der Waals surface area contributed by atoms with Gasteiger partial charge in [-0.05, 0) is 31.7 Å². The number of carbonyl (C=O) groups is 1. The van der Waals surface area contributed by atoms with Crippen molar-refractivity contribution in [2.75, 3.05) is 18.4 Å². The van der Waals surface area contributed by atoms with Gasteiger partial charge in [0.2, 0.25) is 17.5 Å². The minimum Gasteiger partial charge on any atom is -0.352 e. The zero-order valence-electron chi connectivity index (χ0n) is 18.8. The van der Waals surface area contributed by atoms with Gasteiger partial charge in [-0.2, -0.15) is 13.2 Å². The number of hydrogen-bond acceptors (Lipinski definition) is 5. The summed E-state index contributed by atoms with van der Waals surface area (Å²) in [5, 5.41) is 3.50. The highest BCUT2D eigenvalue weighted by atomic mass is 19.4. The molecule has 0 saturated carbocycles. The molecule has 0 aromatic carbocycles. The molecule has 178 valence electrons. The third kappa shape index (κ3) is 4.66. The number of nitrogens with one attached hydrogen (secondary N) is 2. The quantitative estimate of drug-likeness (QED) is 0.509. The fourth-order valence-corrected chi connectivity index (χ4v) is 4.27. The molecule has 11 heteroatoms. The Balaban J connectivity index is 1.59. The summed E-state index contributed by atoms with van der Waals surface area (Å²) in [6.07, 6.45) is 1.30. The van der Waals surface area contributed by atoms with Crippen molar-refractivity contribution in [1.29, 1.82) is 0 Å². The fraction of sp³-hybridized carbons (Fsp3) is 0.435. The molecule has 4 heterocycles. The lowest BCUT2D eigenvalue weighted by Crippen LogP contribution is -2.42. The highest BCUT2D eigenvalue weighted by Gasteiger charge is 2.32. The van der Waals surface area contributed by atoms with Gasteiger partial charge in [0.25, 0.3) is 0 Å². The zero-order valence-corrected chi connectivity index (χ0v) is 18.8. The first kappa shape index (κ1) is 23.5. The van der Waals surface area contributed by atoms with E-state index in [4.69, 9.17) is 6.57 Å². The Morgan fingerprint density at radius 2 is 2.06 bits per heavy atom. The van der Waals surface area contributed by atoms with E-state index in [1.807, 2.05) is 18.7 Å². The molecular weight excluding hydrogens is 447 g/mol. The minimum atomic E-state index is -4.54. The molecule has 0 radical (unpaired) electrons. The van der Waals surface area contributed by atoms with E-state index in [1.165, 1.54) is 12.4 Å². The number of rotatable bonds is 5. The summed E-state index contributed by atoms with van der Waals surface area (Å²) < 4.78 is 39.7. The molecule has 2 N–H and O–H groups in total. The summed E-state index contributed by atoms with van der Waals surface area (Å²) in [4.78, 5) is 32.7. The average Bonchev–Trinajstić information content (AvgIpc) is 3.26. The number of likely N-dealkylation sites (tertiary alicyclic amines) is 1. The minimum absolute atomic E-state index is 0.00647. The smallest absolute Gasteiger partial charge is 0.352 e. The third-order valence-electron chi connectivity index (χ3n) is 6.26. The molecule has 34 heavy (non-hydrogen) atoms. The van der Waals surface area contributed by atoms with Crippen LogP contribution in [-0.2, 0) is 11.0 Å². The number of carbonyl (C=O) groups excluding carboxylic acids is 1. The molecule has 0 aliphatic carbocycles. The zero-order chi connectivity index (χ0) is 24.5. The molecule has 4 rings (SSSR count). The fourth-order valence-electron chi connectivity index (χ4n) is 4.27. The van der Waals surface area contributed by atoms with Crippen LogP contribution in [0, 0.1) is 12.5 Å². The maximum Gasteiger partial charge on any atom is 0.417 e. The molecule has 8 nitrogen and oxygen atoms in total. The van der Waals surface area contributed by atoms with Gasteiger partial charge in [-0.15, -0.1) is 0 Å². The van der Waals surface area contributed by atoms with Gasteiger partial charge in [-0.1, -0.05) is 6.92 Å². The second kappa shape index (κ2) is 9.29. The van der Waals surface area contributed by atoms with Gasteiger partial charge < -0.3 is 15.2 Å². The van der Waals surface area contributed by atoms with Crippen LogP contribution < -0.4 is 5.32 Å². The summed E-state index contributed by atoms with van der Waals surface area (Å²) in [6.45, 7) is 12.7. The molecule has 1 saturated heterocycles. The average molecular weight is 471 g/mol. The van der Waals surface area contributed by atoms with Crippen molar-refractivity contribution in [3.05, 3.63) is 41.6 Å². The topological polar surface area (TPSA) is 91.2 Å². The number of amides is 1. The van der Waals surface area contributed by atoms with E-state index in [2.05, 4.69) is 30.1 Å². The molecule has 1 fully saturated rings. The molecule has 1 aliphatic heterocycles. The van der Waals surface area contributed by atoms with Gasteiger partial charge in [0.1, 0.15) is 5.65 Å². The van der Waals surface area contributed by atoms with Crippen LogP contribution in [0.15, 0.2) is 24.7 Å². The molecule has 1 aliphatic rings. The van der Waals surface area contributed by atoms with Crippen LogP contribution >= 0.6 is 0 Å². The third-order valence-corrected chi connectivity index (χ3v) is 6.26. The number of fused-ring (bicyclic) bond motifs is 1. The number of hydrogen-bond donors (Lipinski definition) is 2. The van der Waals surface area contributed by atoms with E-state index in [0.717, 1.165) is 25.1 Å². The molecule has 0 spiro atoms. The lowest BCUT2D eigenvalue weighted by molar-refractivity contribution is -0.137. The normalized spacial score (nSPS) is 15.8. The molecule has 1 amide bonds. The molecule has 1 atom stereocenters.